The first kappa shape index (κ1) is 15.3. The third kappa shape index (κ3) is 4.43. The maximum Gasteiger partial charge on any atom is 0.234 e. The van der Waals surface area contributed by atoms with E-state index in [1.807, 2.05) is 19.9 Å². The number of pyridine rings is 1. The van der Waals surface area contributed by atoms with Crippen LogP contribution in [-0.4, -0.2) is 54.6 Å². The van der Waals surface area contributed by atoms with Crippen molar-refractivity contribution in [2.24, 2.45) is 0 Å². The van der Waals surface area contributed by atoms with E-state index in [2.05, 4.69) is 26.2 Å². The number of nitrogens with one attached hydrogen (secondary N) is 1. The predicted octanol–water partition coefficient (Wildman–Crippen LogP) is 0.600. The summed E-state index contributed by atoms with van der Waals surface area (Å²) < 4.78 is 0. The van der Waals surface area contributed by atoms with Crippen molar-refractivity contribution in [3.05, 3.63) is 23.9 Å². The number of piperazine rings is 1. The fraction of sp³-hybridized carbons (Fsp3) is 0.533. The molecule has 112 valence electrons. The molecule has 1 aromatic rings. The fourth-order valence-electron chi connectivity index (χ4n) is 2.35. The van der Waals surface area contributed by atoms with E-state index in [-0.39, 0.29) is 11.9 Å². The standard InChI is InChI=1S/C15H21N5O/c1-12(2)18-15(21)11-19-5-7-20(8-6-19)14-4-3-13(9-16)10-17-14/h3-4,10,12H,5-8,11H2,1-2H3,(H,18,21). The molecule has 1 aliphatic heterocycles. The Morgan fingerprint density at radius 2 is 2.10 bits per heavy atom. The number of carbonyl (C=O) groups excluding carboxylic acids is 1. The number of anilines is 1. The zero-order valence-electron chi connectivity index (χ0n) is 12.5. The number of rotatable bonds is 4. The Balaban J connectivity index is 1.82. The van der Waals surface area contributed by atoms with Crippen LogP contribution in [0.5, 0.6) is 0 Å². The van der Waals surface area contributed by atoms with Crippen LogP contribution in [0.15, 0.2) is 18.3 Å². The molecule has 21 heavy (non-hydrogen) atoms. The topological polar surface area (TPSA) is 72.3 Å². The average Bonchev–Trinajstić information content (AvgIpc) is 2.47. The summed E-state index contributed by atoms with van der Waals surface area (Å²) in [6.45, 7) is 7.74. The molecular weight excluding hydrogens is 266 g/mol. The second-order valence-corrected chi connectivity index (χ2v) is 5.50. The molecule has 0 aromatic carbocycles. The van der Waals surface area contributed by atoms with Gasteiger partial charge in [0, 0.05) is 38.4 Å². The van der Waals surface area contributed by atoms with E-state index < -0.39 is 0 Å². The van der Waals surface area contributed by atoms with Gasteiger partial charge in [-0.05, 0) is 26.0 Å². The lowest BCUT2D eigenvalue weighted by molar-refractivity contribution is -0.122. The minimum atomic E-state index is 0.0787. The highest BCUT2D eigenvalue weighted by Crippen LogP contribution is 2.13. The first-order chi connectivity index (χ1) is 10.1. The first-order valence-electron chi connectivity index (χ1n) is 7.21. The van der Waals surface area contributed by atoms with Crippen molar-refractivity contribution >= 4 is 11.7 Å². The summed E-state index contributed by atoms with van der Waals surface area (Å²) in [7, 11) is 0. The lowest BCUT2D eigenvalue weighted by atomic mass is 10.2. The summed E-state index contributed by atoms with van der Waals surface area (Å²) >= 11 is 0. The Kier molecular flexibility index (Phi) is 5.12. The number of nitriles is 1. The molecule has 0 aliphatic carbocycles. The van der Waals surface area contributed by atoms with Crippen LogP contribution in [0.25, 0.3) is 0 Å². The fourth-order valence-corrected chi connectivity index (χ4v) is 2.35. The average molecular weight is 287 g/mol. The molecule has 1 aliphatic rings. The Hall–Kier alpha value is -2.13. The number of amides is 1. The van der Waals surface area contributed by atoms with E-state index in [0.717, 1.165) is 32.0 Å². The van der Waals surface area contributed by atoms with Gasteiger partial charge in [-0.15, -0.1) is 0 Å². The van der Waals surface area contributed by atoms with Gasteiger partial charge in [-0.1, -0.05) is 0 Å². The van der Waals surface area contributed by atoms with Gasteiger partial charge >= 0.3 is 0 Å². The van der Waals surface area contributed by atoms with Gasteiger partial charge in [0.2, 0.25) is 5.91 Å². The maximum atomic E-state index is 11.7. The highest BCUT2D eigenvalue weighted by molar-refractivity contribution is 5.78. The Bertz CT molecular complexity index is 512. The first-order valence-corrected chi connectivity index (χ1v) is 7.21. The summed E-state index contributed by atoms with van der Waals surface area (Å²) in [5, 5.41) is 11.7. The van der Waals surface area contributed by atoms with Crippen LogP contribution in [0.3, 0.4) is 0 Å². The van der Waals surface area contributed by atoms with Gasteiger partial charge in [-0.25, -0.2) is 4.98 Å². The molecule has 6 nitrogen and oxygen atoms in total. The lowest BCUT2D eigenvalue weighted by Crippen LogP contribution is -2.50. The van der Waals surface area contributed by atoms with E-state index in [1.54, 1.807) is 12.3 Å². The van der Waals surface area contributed by atoms with E-state index in [1.165, 1.54) is 0 Å². The predicted molar refractivity (Wildman–Crippen MR) is 80.9 cm³/mol. The molecule has 6 heteroatoms. The Morgan fingerprint density at radius 1 is 1.38 bits per heavy atom. The molecule has 0 radical (unpaired) electrons. The highest BCUT2D eigenvalue weighted by atomic mass is 16.2. The summed E-state index contributed by atoms with van der Waals surface area (Å²) in [5.41, 5.74) is 0.572. The van der Waals surface area contributed by atoms with Crippen LogP contribution in [0.4, 0.5) is 5.82 Å². The number of aromatic nitrogens is 1. The molecule has 1 fully saturated rings. The molecule has 1 amide bonds. The summed E-state index contributed by atoms with van der Waals surface area (Å²) in [6, 6.07) is 5.91. The van der Waals surface area contributed by atoms with Crippen molar-refractivity contribution in [3.8, 4) is 6.07 Å². The Labute approximate surface area is 125 Å². The van der Waals surface area contributed by atoms with Crippen molar-refractivity contribution < 1.29 is 4.79 Å². The molecule has 0 spiro atoms. The molecule has 1 saturated heterocycles. The lowest BCUT2D eigenvalue weighted by Gasteiger charge is -2.35. The third-order valence-electron chi connectivity index (χ3n) is 3.39. The maximum absolute atomic E-state index is 11.7. The number of hydrogen-bond acceptors (Lipinski definition) is 5. The van der Waals surface area contributed by atoms with Crippen molar-refractivity contribution in [2.75, 3.05) is 37.6 Å². The summed E-state index contributed by atoms with van der Waals surface area (Å²) in [5.74, 6) is 0.968. The van der Waals surface area contributed by atoms with Crippen LogP contribution in [-0.2, 0) is 4.79 Å². The number of nitrogens with zero attached hydrogens (tertiary/aromatic N) is 4. The minimum absolute atomic E-state index is 0.0787. The zero-order valence-corrected chi connectivity index (χ0v) is 12.5. The van der Waals surface area contributed by atoms with Gasteiger partial charge in [0.05, 0.1) is 12.1 Å². The summed E-state index contributed by atoms with van der Waals surface area (Å²) in [4.78, 5) is 20.4. The molecule has 2 rings (SSSR count). The van der Waals surface area contributed by atoms with Crippen LogP contribution in [0, 0.1) is 11.3 Å². The quantitative estimate of drug-likeness (QED) is 0.878. The van der Waals surface area contributed by atoms with Crippen LogP contribution < -0.4 is 10.2 Å². The Morgan fingerprint density at radius 3 is 2.62 bits per heavy atom. The van der Waals surface area contributed by atoms with Crippen molar-refractivity contribution in [1.29, 1.82) is 5.26 Å². The second kappa shape index (κ2) is 7.04. The van der Waals surface area contributed by atoms with E-state index in [4.69, 9.17) is 5.26 Å². The molecule has 2 heterocycles. The number of hydrogen-bond donors (Lipinski definition) is 1. The minimum Gasteiger partial charge on any atom is -0.354 e. The van der Waals surface area contributed by atoms with Crippen LogP contribution in [0.2, 0.25) is 0 Å². The normalized spacial score (nSPS) is 15.8. The van der Waals surface area contributed by atoms with Gasteiger partial charge in [0.25, 0.3) is 0 Å². The molecule has 1 N–H and O–H groups in total. The zero-order chi connectivity index (χ0) is 15.2. The van der Waals surface area contributed by atoms with Crippen LogP contribution in [0.1, 0.15) is 19.4 Å². The largest absolute Gasteiger partial charge is 0.354 e. The molecule has 1 aromatic heterocycles. The van der Waals surface area contributed by atoms with E-state index in [9.17, 15) is 4.79 Å². The van der Waals surface area contributed by atoms with Gasteiger partial charge in [0.1, 0.15) is 11.9 Å². The second-order valence-electron chi connectivity index (χ2n) is 5.50. The third-order valence-corrected chi connectivity index (χ3v) is 3.39. The van der Waals surface area contributed by atoms with Crippen molar-refractivity contribution in [3.63, 3.8) is 0 Å². The number of carbonyl (C=O) groups is 1. The SMILES string of the molecule is CC(C)NC(=O)CN1CCN(c2ccc(C#N)cn2)CC1. The molecule has 0 saturated carbocycles. The highest BCUT2D eigenvalue weighted by Gasteiger charge is 2.19. The van der Waals surface area contributed by atoms with Crippen molar-refractivity contribution in [1.82, 2.24) is 15.2 Å². The van der Waals surface area contributed by atoms with Gasteiger partial charge in [-0.2, -0.15) is 5.26 Å². The van der Waals surface area contributed by atoms with Crippen LogP contribution >= 0.6 is 0 Å². The smallest absolute Gasteiger partial charge is 0.234 e. The van der Waals surface area contributed by atoms with Gasteiger partial charge in [-0.3, -0.25) is 9.69 Å². The van der Waals surface area contributed by atoms with Gasteiger partial charge < -0.3 is 10.2 Å². The van der Waals surface area contributed by atoms with E-state index >= 15 is 0 Å². The molecule has 0 unspecified atom stereocenters. The van der Waals surface area contributed by atoms with Gasteiger partial charge in [0.15, 0.2) is 0 Å². The van der Waals surface area contributed by atoms with Crippen molar-refractivity contribution in [2.45, 2.75) is 19.9 Å². The van der Waals surface area contributed by atoms with E-state index in [0.29, 0.717) is 12.1 Å². The molecule has 0 bridgehead atoms. The molecular formula is C15H21N5O. The monoisotopic (exact) mass is 287 g/mol. The summed E-state index contributed by atoms with van der Waals surface area (Å²) in [6.07, 6.45) is 1.60. The molecule has 0 atom stereocenters.